The first-order chi connectivity index (χ1) is 10.2. The molecule has 1 aliphatic carbocycles. The number of benzene rings is 1. The van der Waals surface area contributed by atoms with Crippen molar-refractivity contribution < 1.29 is 4.74 Å². The first kappa shape index (κ1) is 14.7. The molecule has 1 N–H and O–H groups in total. The molecule has 0 bridgehead atoms. The maximum absolute atomic E-state index is 6.30. The van der Waals surface area contributed by atoms with Gasteiger partial charge in [0.15, 0.2) is 0 Å². The standard InChI is InChI=1S/C16H23N3OS/c1-19(2)11-4-6-12(7-5-11)20-15-9-8-14-13(10-17-18-14)16(15)21-3/h8-12H,4-7H2,1-3H3,(H,17,18). The first-order valence-electron chi connectivity index (χ1n) is 7.52. The van der Waals surface area contributed by atoms with Crippen molar-refractivity contribution >= 4 is 22.7 Å². The average Bonchev–Trinajstić information content (AvgIpc) is 2.96. The van der Waals surface area contributed by atoms with Crippen molar-refractivity contribution in [2.45, 2.75) is 42.7 Å². The monoisotopic (exact) mass is 305 g/mol. The SMILES string of the molecule is CSc1c(OC2CCC(N(C)C)CC2)ccc2[nH]ncc12. The van der Waals surface area contributed by atoms with E-state index in [9.17, 15) is 0 Å². The lowest BCUT2D eigenvalue weighted by Gasteiger charge is -2.33. The van der Waals surface area contributed by atoms with E-state index in [-0.39, 0.29) is 0 Å². The minimum atomic E-state index is 0.344. The summed E-state index contributed by atoms with van der Waals surface area (Å²) in [7, 11) is 4.34. The van der Waals surface area contributed by atoms with Gasteiger partial charge in [-0.1, -0.05) is 0 Å². The lowest BCUT2D eigenvalue weighted by molar-refractivity contribution is 0.109. The first-order valence-corrected chi connectivity index (χ1v) is 8.74. The Hall–Kier alpha value is -1.20. The van der Waals surface area contributed by atoms with Crippen molar-refractivity contribution in [1.82, 2.24) is 15.1 Å². The third-order valence-corrected chi connectivity index (χ3v) is 5.24. The number of fused-ring (bicyclic) bond motifs is 1. The largest absolute Gasteiger partial charge is 0.489 e. The van der Waals surface area contributed by atoms with Crippen molar-refractivity contribution in [2.75, 3.05) is 20.4 Å². The molecule has 21 heavy (non-hydrogen) atoms. The van der Waals surface area contributed by atoms with E-state index in [0.717, 1.165) is 29.5 Å². The average molecular weight is 305 g/mol. The van der Waals surface area contributed by atoms with Crippen LogP contribution in [0.25, 0.3) is 10.9 Å². The number of thioether (sulfide) groups is 1. The molecule has 0 saturated heterocycles. The van der Waals surface area contributed by atoms with E-state index in [1.807, 2.05) is 6.20 Å². The zero-order valence-corrected chi connectivity index (χ0v) is 13.7. The van der Waals surface area contributed by atoms with Crippen LogP contribution in [-0.4, -0.2) is 47.6 Å². The molecule has 1 aromatic heterocycles. The van der Waals surface area contributed by atoms with E-state index >= 15 is 0 Å². The molecule has 1 aliphatic rings. The molecule has 0 atom stereocenters. The van der Waals surface area contributed by atoms with Crippen LogP contribution in [0.1, 0.15) is 25.7 Å². The number of nitrogens with zero attached hydrogens (tertiary/aromatic N) is 2. The molecule has 0 aliphatic heterocycles. The molecule has 3 rings (SSSR count). The lowest BCUT2D eigenvalue weighted by atomic mass is 9.92. The normalized spacial score (nSPS) is 22.9. The lowest BCUT2D eigenvalue weighted by Crippen LogP contribution is -2.35. The number of hydrogen-bond acceptors (Lipinski definition) is 4. The van der Waals surface area contributed by atoms with Gasteiger partial charge in [-0.25, -0.2) is 0 Å². The van der Waals surface area contributed by atoms with Gasteiger partial charge in [-0.2, -0.15) is 5.10 Å². The predicted molar refractivity (Wildman–Crippen MR) is 88.2 cm³/mol. The second kappa shape index (κ2) is 6.28. The second-order valence-electron chi connectivity index (χ2n) is 5.94. The Kier molecular flexibility index (Phi) is 4.40. The van der Waals surface area contributed by atoms with Crippen molar-refractivity contribution in [3.05, 3.63) is 18.3 Å². The number of ether oxygens (including phenoxy) is 1. The van der Waals surface area contributed by atoms with Crippen LogP contribution in [0.15, 0.2) is 23.2 Å². The molecule has 0 unspecified atom stereocenters. The van der Waals surface area contributed by atoms with Crippen LogP contribution in [0.4, 0.5) is 0 Å². The van der Waals surface area contributed by atoms with Gasteiger partial charge < -0.3 is 9.64 Å². The Balaban J connectivity index is 1.73. The highest BCUT2D eigenvalue weighted by Gasteiger charge is 2.24. The van der Waals surface area contributed by atoms with Crippen LogP contribution in [-0.2, 0) is 0 Å². The van der Waals surface area contributed by atoms with Gasteiger partial charge in [-0.15, -0.1) is 11.8 Å². The van der Waals surface area contributed by atoms with Crippen LogP contribution < -0.4 is 4.74 Å². The Morgan fingerprint density at radius 3 is 2.67 bits per heavy atom. The highest BCUT2D eigenvalue weighted by atomic mass is 32.2. The van der Waals surface area contributed by atoms with Crippen LogP contribution >= 0.6 is 11.8 Å². The van der Waals surface area contributed by atoms with Crippen molar-refractivity contribution in [3.63, 3.8) is 0 Å². The van der Waals surface area contributed by atoms with Gasteiger partial charge in [0.2, 0.25) is 0 Å². The molecule has 1 saturated carbocycles. The summed E-state index contributed by atoms with van der Waals surface area (Å²) < 4.78 is 6.30. The zero-order chi connectivity index (χ0) is 14.8. The summed E-state index contributed by atoms with van der Waals surface area (Å²) in [5.74, 6) is 1.00. The summed E-state index contributed by atoms with van der Waals surface area (Å²) in [5, 5.41) is 8.30. The van der Waals surface area contributed by atoms with Gasteiger partial charge in [0.05, 0.1) is 22.7 Å². The number of nitrogens with one attached hydrogen (secondary N) is 1. The van der Waals surface area contributed by atoms with E-state index in [4.69, 9.17) is 4.74 Å². The van der Waals surface area contributed by atoms with E-state index in [0.29, 0.717) is 12.1 Å². The smallest absolute Gasteiger partial charge is 0.134 e. The van der Waals surface area contributed by atoms with Gasteiger partial charge in [-0.05, 0) is 58.2 Å². The topological polar surface area (TPSA) is 41.1 Å². The van der Waals surface area contributed by atoms with Crippen LogP contribution in [0.2, 0.25) is 0 Å². The minimum Gasteiger partial charge on any atom is -0.489 e. The minimum absolute atomic E-state index is 0.344. The van der Waals surface area contributed by atoms with Crippen LogP contribution in [0, 0.1) is 0 Å². The van der Waals surface area contributed by atoms with E-state index in [1.54, 1.807) is 11.8 Å². The molecule has 1 aromatic carbocycles. The number of aromatic amines is 1. The summed E-state index contributed by atoms with van der Waals surface area (Å²) in [6.45, 7) is 0. The summed E-state index contributed by atoms with van der Waals surface area (Å²) in [4.78, 5) is 3.53. The van der Waals surface area contributed by atoms with E-state index < -0.39 is 0 Å². The molecule has 2 aromatic rings. The van der Waals surface area contributed by atoms with Gasteiger partial charge in [0.1, 0.15) is 5.75 Å². The Morgan fingerprint density at radius 1 is 1.24 bits per heavy atom. The number of H-pyrrole nitrogens is 1. The third-order valence-electron chi connectivity index (χ3n) is 4.41. The zero-order valence-electron chi connectivity index (χ0n) is 12.9. The van der Waals surface area contributed by atoms with Gasteiger partial charge in [0.25, 0.3) is 0 Å². The molecule has 1 heterocycles. The number of rotatable bonds is 4. The summed E-state index contributed by atoms with van der Waals surface area (Å²) in [6.07, 6.45) is 9.05. The Morgan fingerprint density at radius 2 is 2.00 bits per heavy atom. The molecule has 0 amide bonds. The van der Waals surface area contributed by atoms with Gasteiger partial charge >= 0.3 is 0 Å². The van der Waals surface area contributed by atoms with Gasteiger partial charge in [0, 0.05) is 11.4 Å². The van der Waals surface area contributed by atoms with Crippen LogP contribution in [0.5, 0.6) is 5.75 Å². The van der Waals surface area contributed by atoms with Crippen LogP contribution in [0.3, 0.4) is 0 Å². The molecule has 1 fully saturated rings. The maximum atomic E-state index is 6.30. The van der Waals surface area contributed by atoms with Gasteiger partial charge in [-0.3, -0.25) is 5.10 Å². The Bertz CT molecular complexity index is 603. The highest BCUT2D eigenvalue weighted by Crippen LogP contribution is 2.36. The maximum Gasteiger partial charge on any atom is 0.134 e. The summed E-state index contributed by atoms with van der Waals surface area (Å²) in [5.41, 5.74) is 1.07. The molecule has 0 radical (unpaired) electrons. The molecular formula is C16H23N3OS. The quantitative estimate of drug-likeness (QED) is 0.877. The molecule has 4 nitrogen and oxygen atoms in total. The van der Waals surface area contributed by atoms with E-state index in [1.165, 1.54) is 17.7 Å². The number of aromatic nitrogens is 2. The fraction of sp³-hybridized carbons (Fsp3) is 0.562. The van der Waals surface area contributed by atoms with E-state index in [2.05, 4.69) is 47.6 Å². The highest BCUT2D eigenvalue weighted by molar-refractivity contribution is 7.99. The molecule has 114 valence electrons. The van der Waals surface area contributed by atoms with Crippen molar-refractivity contribution in [3.8, 4) is 5.75 Å². The molecule has 5 heteroatoms. The Labute approximate surface area is 130 Å². The van der Waals surface area contributed by atoms with Crippen molar-refractivity contribution in [2.24, 2.45) is 0 Å². The fourth-order valence-electron chi connectivity index (χ4n) is 3.13. The van der Waals surface area contributed by atoms with Crippen molar-refractivity contribution in [1.29, 1.82) is 0 Å². The third kappa shape index (κ3) is 3.04. The molecule has 0 spiro atoms. The summed E-state index contributed by atoms with van der Waals surface area (Å²) in [6, 6.07) is 4.84. The predicted octanol–water partition coefficient (Wildman–Crippen LogP) is 3.54. The molecular weight excluding hydrogens is 282 g/mol. The second-order valence-corrected chi connectivity index (χ2v) is 6.76. The fourth-order valence-corrected chi connectivity index (χ4v) is 3.83. The number of hydrogen-bond donors (Lipinski definition) is 1. The summed E-state index contributed by atoms with van der Waals surface area (Å²) >= 11 is 1.73.